The molecule has 1 fully saturated rings. The maximum atomic E-state index is 14.0. The normalized spacial score (nSPS) is 16.8. The van der Waals surface area contributed by atoms with E-state index in [1.807, 2.05) is 6.92 Å². The number of amides is 1. The summed E-state index contributed by atoms with van der Waals surface area (Å²) in [6.07, 6.45) is 2.08. The SMILES string of the molecule is Cc1cc(S(N)(=O)=O)cc(C(=O)NC(C)C2CC2)c1F. The van der Waals surface area contributed by atoms with Gasteiger partial charge in [-0.25, -0.2) is 17.9 Å². The number of nitrogens with two attached hydrogens (primary N) is 1. The number of sulfonamides is 1. The molecule has 1 aliphatic rings. The Labute approximate surface area is 117 Å². The third-order valence-electron chi connectivity index (χ3n) is 3.49. The van der Waals surface area contributed by atoms with E-state index in [-0.39, 0.29) is 22.1 Å². The van der Waals surface area contributed by atoms with Crippen LogP contribution in [0.15, 0.2) is 17.0 Å². The molecule has 0 aromatic heterocycles. The smallest absolute Gasteiger partial charge is 0.254 e. The Hall–Kier alpha value is -1.47. The average molecular weight is 300 g/mol. The van der Waals surface area contributed by atoms with Crippen LogP contribution in [0.4, 0.5) is 4.39 Å². The fourth-order valence-corrected chi connectivity index (χ4v) is 2.69. The van der Waals surface area contributed by atoms with Crippen molar-refractivity contribution in [3.8, 4) is 0 Å². The monoisotopic (exact) mass is 300 g/mol. The van der Waals surface area contributed by atoms with Gasteiger partial charge >= 0.3 is 0 Å². The molecular weight excluding hydrogens is 283 g/mol. The summed E-state index contributed by atoms with van der Waals surface area (Å²) >= 11 is 0. The maximum Gasteiger partial charge on any atom is 0.254 e. The van der Waals surface area contributed by atoms with Crippen molar-refractivity contribution in [2.45, 2.75) is 37.6 Å². The number of halogens is 1. The molecule has 1 saturated carbocycles. The van der Waals surface area contributed by atoms with Crippen molar-refractivity contribution in [3.05, 3.63) is 29.1 Å². The van der Waals surface area contributed by atoms with Crippen LogP contribution in [0.25, 0.3) is 0 Å². The highest BCUT2D eigenvalue weighted by Gasteiger charge is 2.30. The number of hydrogen-bond acceptors (Lipinski definition) is 3. The fourth-order valence-electron chi connectivity index (χ4n) is 2.06. The largest absolute Gasteiger partial charge is 0.349 e. The molecule has 0 bridgehead atoms. The molecule has 0 saturated heterocycles. The average Bonchev–Trinajstić information content (AvgIpc) is 3.14. The molecule has 2 rings (SSSR count). The number of rotatable bonds is 4. The topological polar surface area (TPSA) is 89.3 Å². The van der Waals surface area contributed by atoms with E-state index in [0.29, 0.717) is 5.92 Å². The first-order chi connectivity index (χ1) is 9.20. The zero-order chi connectivity index (χ0) is 15.1. The maximum absolute atomic E-state index is 14.0. The van der Waals surface area contributed by atoms with Gasteiger partial charge in [-0.3, -0.25) is 4.79 Å². The lowest BCUT2D eigenvalue weighted by Gasteiger charge is -2.14. The first-order valence-corrected chi connectivity index (χ1v) is 7.88. The number of nitrogens with one attached hydrogen (secondary N) is 1. The van der Waals surface area contributed by atoms with Crippen molar-refractivity contribution in [3.63, 3.8) is 0 Å². The van der Waals surface area contributed by atoms with Crippen LogP contribution in [0, 0.1) is 18.7 Å². The van der Waals surface area contributed by atoms with E-state index >= 15 is 0 Å². The summed E-state index contributed by atoms with van der Waals surface area (Å²) in [5, 5.41) is 7.71. The Morgan fingerprint density at radius 2 is 2.05 bits per heavy atom. The predicted molar refractivity (Wildman–Crippen MR) is 72.2 cm³/mol. The third-order valence-corrected chi connectivity index (χ3v) is 4.38. The molecule has 0 radical (unpaired) electrons. The van der Waals surface area contributed by atoms with Gasteiger partial charge in [0.1, 0.15) is 5.82 Å². The Morgan fingerprint density at radius 1 is 1.45 bits per heavy atom. The molecule has 1 atom stereocenters. The molecule has 20 heavy (non-hydrogen) atoms. The molecule has 1 aromatic carbocycles. The molecule has 1 aliphatic carbocycles. The van der Waals surface area contributed by atoms with E-state index in [1.165, 1.54) is 6.92 Å². The van der Waals surface area contributed by atoms with Gasteiger partial charge in [0, 0.05) is 6.04 Å². The van der Waals surface area contributed by atoms with Gasteiger partial charge in [0.05, 0.1) is 10.5 Å². The van der Waals surface area contributed by atoms with Gasteiger partial charge in [-0.1, -0.05) is 0 Å². The van der Waals surface area contributed by atoms with Gasteiger partial charge in [-0.15, -0.1) is 0 Å². The van der Waals surface area contributed by atoms with Crippen LogP contribution in [0.2, 0.25) is 0 Å². The Balaban J connectivity index is 2.34. The van der Waals surface area contributed by atoms with E-state index in [2.05, 4.69) is 5.32 Å². The van der Waals surface area contributed by atoms with Crippen LogP contribution < -0.4 is 10.5 Å². The zero-order valence-electron chi connectivity index (χ0n) is 11.3. The van der Waals surface area contributed by atoms with Crippen LogP contribution in [0.5, 0.6) is 0 Å². The van der Waals surface area contributed by atoms with E-state index in [4.69, 9.17) is 5.14 Å². The lowest BCUT2D eigenvalue weighted by molar-refractivity contribution is 0.0931. The molecule has 0 heterocycles. The lowest BCUT2D eigenvalue weighted by Crippen LogP contribution is -2.34. The van der Waals surface area contributed by atoms with E-state index in [1.54, 1.807) is 0 Å². The van der Waals surface area contributed by atoms with Crippen molar-refractivity contribution >= 4 is 15.9 Å². The highest BCUT2D eigenvalue weighted by Crippen LogP contribution is 2.32. The minimum Gasteiger partial charge on any atom is -0.349 e. The minimum absolute atomic E-state index is 0.0552. The standard InChI is InChI=1S/C13H17FN2O3S/c1-7-5-10(20(15,18)19)6-11(12(7)14)13(17)16-8(2)9-3-4-9/h5-6,8-9H,3-4H2,1-2H3,(H,16,17)(H2,15,18,19). The molecule has 3 N–H and O–H groups in total. The molecule has 0 spiro atoms. The van der Waals surface area contributed by atoms with Gasteiger partial charge in [0.25, 0.3) is 5.91 Å². The molecular formula is C13H17FN2O3S. The lowest BCUT2D eigenvalue weighted by atomic mass is 10.1. The highest BCUT2D eigenvalue weighted by atomic mass is 32.2. The van der Waals surface area contributed by atoms with E-state index in [9.17, 15) is 17.6 Å². The number of carbonyl (C=O) groups excluding carboxylic acids is 1. The second-order valence-electron chi connectivity index (χ2n) is 5.25. The number of hydrogen-bond donors (Lipinski definition) is 2. The second-order valence-corrected chi connectivity index (χ2v) is 6.81. The Morgan fingerprint density at radius 3 is 2.55 bits per heavy atom. The van der Waals surface area contributed by atoms with Crippen LogP contribution in [0.1, 0.15) is 35.7 Å². The first-order valence-electron chi connectivity index (χ1n) is 6.34. The zero-order valence-corrected chi connectivity index (χ0v) is 12.1. The summed E-state index contributed by atoms with van der Waals surface area (Å²) in [5.41, 5.74) is -0.220. The number of primary sulfonamides is 1. The number of aryl methyl sites for hydroxylation is 1. The quantitative estimate of drug-likeness (QED) is 0.878. The number of benzene rings is 1. The van der Waals surface area contributed by atoms with Gasteiger partial charge in [-0.05, 0) is 50.3 Å². The van der Waals surface area contributed by atoms with Crippen molar-refractivity contribution in [2.24, 2.45) is 11.1 Å². The molecule has 7 heteroatoms. The van der Waals surface area contributed by atoms with Crippen molar-refractivity contribution in [1.29, 1.82) is 0 Å². The summed E-state index contributed by atoms with van der Waals surface area (Å²) in [6.45, 7) is 3.25. The van der Waals surface area contributed by atoms with E-state index in [0.717, 1.165) is 25.0 Å². The molecule has 1 unspecified atom stereocenters. The van der Waals surface area contributed by atoms with Crippen LogP contribution in [-0.2, 0) is 10.0 Å². The minimum atomic E-state index is -3.98. The summed E-state index contributed by atoms with van der Waals surface area (Å²) < 4.78 is 36.7. The third kappa shape index (κ3) is 3.16. The summed E-state index contributed by atoms with van der Waals surface area (Å²) in [4.78, 5) is 11.8. The Bertz CT molecular complexity index is 654. The van der Waals surface area contributed by atoms with Gasteiger partial charge < -0.3 is 5.32 Å². The summed E-state index contributed by atoms with van der Waals surface area (Å²) in [7, 11) is -3.98. The van der Waals surface area contributed by atoms with Crippen molar-refractivity contribution < 1.29 is 17.6 Å². The van der Waals surface area contributed by atoms with Crippen LogP contribution >= 0.6 is 0 Å². The summed E-state index contributed by atoms with van der Waals surface area (Å²) in [5.74, 6) is -0.919. The van der Waals surface area contributed by atoms with Crippen molar-refractivity contribution in [2.75, 3.05) is 0 Å². The fraction of sp³-hybridized carbons (Fsp3) is 0.462. The molecule has 1 aromatic rings. The molecule has 1 amide bonds. The predicted octanol–water partition coefficient (Wildman–Crippen LogP) is 1.31. The first kappa shape index (κ1) is 14.9. The molecule has 110 valence electrons. The van der Waals surface area contributed by atoms with E-state index < -0.39 is 21.7 Å². The molecule has 5 nitrogen and oxygen atoms in total. The van der Waals surface area contributed by atoms with Gasteiger partial charge in [0.15, 0.2) is 0 Å². The molecule has 0 aliphatic heterocycles. The summed E-state index contributed by atoms with van der Waals surface area (Å²) in [6, 6.07) is 2.04. The number of carbonyl (C=O) groups is 1. The second kappa shape index (κ2) is 5.14. The van der Waals surface area contributed by atoms with Gasteiger partial charge in [-0.2, -0.15) is 0 Å². The van der Waals surface area contributed by atoms with Gasteiger partial charge in [0.2, 0.25) is 10.0 Å². The highest BCUT2D eigenvalue weighted by molar-refractivity contribution is 7.89. The van der Waals surface area contributed by atoms with Crippen LogP contribution in [-0.4, -0.2) is 20.4 Å². The Kier molecular flexibility index (Phi) is 3.84. The van der Waals surface area contributed by atoms with Crippen LogP contribution in [0.3, 0.4) is 0 Å². The van der Waals surface area contributed by atoms with Crippen molar-refractivity contribution in [1.82, 2.24) is 5.32 Å².